The van der Waals surface area contributed by atoms with Gasteiger partial charge in [0.05, 0.1) is 0 Å². The van der Waals surface area contributed by atoms with Gasteiger partial charge in [-0.2, -0.15) is 0 Å². The number of likely N-dealkylation sites (N-methyl/N-ethyl adjacent to an activating group) is 2. The number of anilines is 1. The zero-order chi connectivity index (χ0) is 14.2. The predicted octanol–water partition coefficient (Wildman–Crippen LogP) is 4.17. The number of rotatable bonds is 7. The van der Waals surface area contributed by atoms with E-state index in [0.717, 1.165) is 32.1 Å². The van der Waals surface area contributed by atoms with Gasteiger partial charge in [-0.05, 0) is 49.9 Å². The van der Waals surface area contributed by atoms with Crippen molar-refractivity contribution < 1.29 is 0 Å². The maximum atomic E-state index is 3.40. The van der Waals surface area contributed by atoms with E-state index in [2.05, 4.69) is 48.3 Å². The molecule has 0 bridgehead atoms. The molecular weight excluding hydrogens is 244 g/mol. The van der Waals surface area contributed by atoms with Crippen molar-refractivity contribution in [2.24, 2.45) is 0 Å². The molecule has 0 amide bonds. The minimum absolute atomic E-state index is 0.814. The van der Waals surface area contributed by atoms with Gasteiger partial charge < -0.3 is 10.2 Å². The molecule has 1 N–H and O–H groups in total. The van der Waals surface area contributed by atoms with Crippen LogP contribution in [0.5, 0.6) is 0 Å². The summed E-state index contributed by atoms with van der Waals surface area (Å²) < 4.78 is 0. The van der Waals surface area contributed by atoms with Crippen molar-refractivity contribution in [1.29, 1.82) is 0 Å². The molecule has 0 saturated heterocycles. The molecule has 2 heteroatoms. The van der Waals surface area contributed by atoms with Gasteiger partial charge in [0.1, 0.15) is 0 Å². The summed E-state index contributed by atoms with van der Waals surface area (Å²) in [6.07, 6.45) is 7.03. The van der Waals surface area contributed by atoms with Crippen molar-refractivity contribution in [3.63, 3.8) is 0 Å². The summed E-state index contributed by atoms with van der Waals surface area (Å²) in [5.74, 6) is 0.814. The Morgan fingerprint density at radius 2 is 1.75 bits per heavy atom. The molecule has 1 saturated carbocycles. The third-order valence-electron chi connectivity index (χ3n) is 4.53. The molecule has 0 unspecified atom stereocenters. The zero-order valence-corrected chi connectivity index (χ0v) is 13.2. The first-order valence-electron chi connectivity index (χ1n) is 8.40. The first-order chi connectivity index (χ1) is 9.85. The largest absolute Gasteiger partial charge is 0.371 e. The Labute approximate surface area is 124 Å². The summed E-state index contributed by atoms with van der Waals surface area (Å²) in [5, 5.41) is 3.40. The quantitative estimate of drug-likeness (QED) is 0.751. The zero-order valence-electron chi connectivity index (χ0n) is 13.2. The highest BCUT2D eigenvalue weighted by molar-refractivity contribution is 5.48. The highest BCUT2D eigenvalue weighted by atomic mass is 15.1. The van der Waals surface area contributed by atoms with E-state index < -0.39 is 0 Å². The predicted molar refractivity (Wildman–Crippen MR) is 88.7 cm³/mol. The van der Waals surface area contributed by atoms with Gasteiger partial charge in [0.25, 0.3) is 0 Å². The van der Waals surface area contributed by atoms with Crippen LogP contribution in [-0.2, 0) is 0 Å². The van der Waals surface area contributed by atoms with Crippen LogP contribution in [0.4, 0.5) is 5.69 Å². The monoisotopic (exact) mass is 274 g/mol. The lowest BCUT2D eigenvalue weighted by atomic mass is 9.84. The second-order valence-corrected chi connectivity index (χ2v) is 5.86. The molecule has 0 heterocycles. The molecule has 0 atom stereocenters. The highest BCUT2D eigenvalue weighted by Gasteiger charge is 2.15. The standard InChI is InChI=1S/C18H30N2/c1-3-19-14-15-20(4-2)18-12-10-17(11-13-18)16-8-6-5-7-9-16/h10-13,16,19H,3-9,14-15H2,1-2H3. The smallest absolute Gasteiger partial charge is 0.0366 e. The molecule has 112 valence electrons. The number of nitrogens with one attached hydrogen (secondary N) is 1. The van der Waals surface area contributed by atoms with Crippen LogP contribution in [0.3, 0.4) is 0 Å². The van der Waals surface area contributed by atoms with Crippen molar-refractivity contribution in [1.82, 2.24) is 5.32 Å². The van der Waals surface area contributed by atoms with E-state index in [1.54, 1.807) is 5.56 Å². The van der Waals surface area contributed by atoms with Crippen molar-refractivity contribution in [3.05, 3.63) is 29.8 Å². The van der Waals surface area contributed by atoms with E-state index in [1.165, 1.54) is 37.8 Å². The van der Waals surface area contributed by atoms with Crippen LogP contribution in [0, 0.1) is 0 Å². The summed E-state index contributed by atoms with van der Waals surface area (Å²) in [7, 11) is 0. The van der Waals surface area contributed by atoms with Gasteiger partial charge in [-0.1, -0.05) is 38.3 Å². The van der Waals surface area contributed by atoms with Gasteiger partial charge in [-0.3, -0.25) is 0 Å². The first-order valence-corrected chi connectivity index (χ1v) is 8.40. The molecule has 2 nitrogen and oxygen atoms in total. The Hall–Kier alpha value is -1.02. The maximum absolute atomic E-state index is 3.40. The third-order valence-corrected chi connectivity index (χ3v) is 4.53. The van der Waals surface area contributed by atoms with E-state index in [0.29, 0.717) is 0 Å². The number of hydrogen-bond acceptors (Lipinski definition) is 2. The Balaban J connectivity index is 1.94. The molecule has 0 radical (unpaired) electrons. The fourth-order valence-corrected chi connectivity index (χ4v) is 3.25. The first kappa shape index (κ1) is 15.4. The fourth-order valence-electron chi connectivity index (χ4n) is 3.25. The summed E-state index contributed by atoms with van der Waals surface area (Å²) in [4.78, 5) is 2.45. The van der Waals surface area contributed by atoms with Gasteiger partial charge in [-0.15, -0.1) is 0 Å². The van der Waals surface area contributed by atoms with Crippen molar-refractivity contribution in [2.75, 3.05) is 31.1 Å². The van der Waals surface area contributed by atoms with Gasteiger partial charge in [0.15, 0.2) is 0 Å². The molecule has 0 spiro atoms. The van der Waals surface area contributed by atoms with E-state index >= 15 is 0 Å². The Morgan fingerprint density at radius 3 is 2.35 bits per heavy atom. The number of hydrogen-bond donors (Lipinski definition) is 1. The van der Waals surface area contributed by atoms with Gasteiger partial charge >= 0.3 is 0 Å². The molecule has 2 rings (SSSR count). The molecule has 0 aliphatic heterocycles. The molecule has 1 aliphatic carbocycles. The van der Waals surface area contributed by atoms with Crippen molar-refractivity contribution in [3.8, 4) is 0 Å². The van der Waals surface area contributed by atoms with E-state index in [4.69, 9.17) is 0 Å². The molecule has 1 aromatic carbocycles. The SMILES string of the molecule is CCNCCN(CC)c1ccc(C2CCCCC2)cc1. The van der Waals surface area contributed by atoms with E-state index in [-0.39, 0.29) is 0 Å². The Bertz CT molecular complexity index is 366. The molecule has 1 fully saturated rings. The maximum Gasteiger partial charge on any atom is 0.0366 e. The normalized spacial score (nSPS) is 16.3. The van der Waals surface area contributed by atoms with Crippen LogP contribution >= 0.6 is 0 Å². The Kier molecular flexibility index (Phi) is 6.38. The molecule has 1 aromatic rings. The van der Waals surface area contributed by atoms with Crippen LogP contribution < -0.4 is 10.2 Å². The lowest BCUT2D eigenvalue weighted by molar-refractivity contribution is 0.443. The van der Waals surface area contributed by atoms with Crippen LogP contribution in [0.25, 0.3) is 0 Å². The second-order valence-electron chi connectivity index (χ2n) is 5.86. The number of benzene rings is 1. The second kappa shape index (κ2) is 8.31. The molecule has 1 aliphatic rings. The van der Waals surface area contributed by atoms with Gasteiger partial charge in [-0.25, -0.2) is 0 Å². The average Bonchev–Trinajstić information content (AvgIpc) is 2.53. The van der Waals surface area contributed by atoms with Crippen molar-refractivity contribution in [2.45, 2.75) is 51.9 Å². The third kappa shape index (κ3) is 4.24. The minimum atomic E-state index is 0.814. The fraction of sp³-hybridized carbons (Fsp3) is 0.667. The van der Waals surface area contributed by atoms with Crippen LogP contribution in [0.1, 0.15) is 57.4 Å². The van der Waals surface area contributed by atoms with Gasteiger partial charge in [0, 0.05) is 25.3 Å². The summed E-state index contributed by atoms with van der Waals surface area (Å²) in [6, 6.07) is 9.36. The summed E-state index contributed by atoms with van der Waals surface area (Å²) in [5.41, 5.74) is 2.92. The average molecular weight is 274 g/mol. The van der Waals surface area contributed by atoms with Crippen molar-refractivity contribution >= 4 is 5.69 Å². The highest BCUT2D eigenvalue weighted by Crippen LogP contribution is 2.33. The van der Waals surface area contributed by atoms with Crippen LogP contribution in [0.15, 0.2) is 24.3 Å². The van der Waals surface area contributed by atoms with E-state index in [9.17, 15) is 0 Å². The number of nitrogens with zero attached hydrogens (tertiary/aromatic N) is 1. The van der Waals surface area contributed by atoms with Gasteiger partial charge in [0.2, 0.25) is 0 Å². The molecule has 0 aromatic heterocycles. The lowest BCUT2D eigenvalue weighted by Gasteiger charge is -2.25. The summed E-state index contributed by atoms with van der Waals surface area (Å²) in [6.45, 7) is 8.68. The lowest BCUT2D eigenvalue weighted by Crippen LogP contribution is -2.31. The van der Waals surface area contributed by atoms with Crippen LogP contribution in [0.2, 0.25) is 0 Å². The van der Waals surface area contributed by atoms with Crippen LogP contribution in [-0.4, -0.2) is 26.2 Å². The topological polar surface area (TPSA) is 15.3 Å². The molecule has 20 heavy (non-hydrogen) atoms. The Morgan fingerprint density at radius 1 is 1.05 bits per heavy atom. The minimum Gasteiger partial charge on any atom is -0.371 e. The van der Waals surface area contributed by atoms with E-state index in [1.807, 2.05) is 0 Å². The molecular formula is C18H30N2. The summed E-state index contributed by atoms with van der Waals surface area (Å²) >= 11 is 0.